The van der Waals surface area contributed by atoms with Gasteiger partial charge in [-0.3, -0.25) is 0 Å². The van der Waals surface area contributed by atoms with E-state index in [2.05, 4.69) is 4.98 Å². The fraction of sp³-hybridized carbons (Fsp3) is 0.625. The van der Waals surface area contributed by atoms with E-state index in [1.807, 2.05) is 0 Å². The van der Waals surface area contributed by atoms with Gasteiger partial charge >= 0.3 is 0 Å². The molecule has 15 heavy (non-hydrogen) atoms. The maximum atomic E-state index is 11.9. The van der Waals surface area contributed by atoms with Crippen LogP contribution in [0.15, 0.2) is 17.6 Å². The lowest BCUT2D eigenvalue weighted by Gasteiger charge is -2.20. The molecule has 1 aromatic rings. The van der Waals surface area contributed by atoms with Crippen LogP contribution in [0.2, 0.25) is 0 Å². The lowest BCUT2D eigenvalue weighted by Crippen LogP contribution is -2.36. The molecule has 0 spiro atoms. The summed E-state index contributed by atoms with van der Waals surface area (Å²) < 4.78 is 26.7. The molecule has 1 atom stereocenters. The highest BCUT2D eigenvalue weighted by Crippen LogP contribution is 2.14. The third-order valence-electron chi connectivity index (χ3n) is 2.17. The number of rotatable bonds is 4. The number of imidazole rings is 1. The van der Waals surface area contributed by atoms with Crippen LogP contribution in [0.25, 0.3) is 0 Å². The molecule has 0 aliphatic carbocycles. The molecule has 0 fully saturated rings. The summed E-state index contributed by atoms with van der Waals surface area (Å²) in [7, 11) is -0.296. The van der Waals surface area contributed by atoms with E-state index < -0.39 is 10.0 Å². The summed E-state index contributed by atoms with van der Waals surface area (Å²) in [5.41, 5.74) is 0. The fourth-order valence-corrected chi connectivity index (χ4v) is 2.62. The minimum Gasteiger partial charge on any atom is -0.339 e. The van der Waals surface area contributed by atoms with Crippen LogP contribution in [0.5, 0.6) is 0 Å². The van der Waals surface area contributed by atoms with E-state index in [0.717, 1.165) is 0 Å². The molecule has 0 saturated heterocycles. The second kappa shape index (κ2) is 4.51. The van der Waals surface area contributed by atoms with Crippen molar-refractivity contribution in [3.8, 4) is 0 Å². The highest BCUT2D eigenvalue weighted by molar-refractivity contribution is 7.89. The van der Waals surface area contributed by atoms with Crippen LogP contribution in [0.4, 0.5) is 0 Å². The van der Waals surface area contributed by atoms with E-state index in [4.69, 9.17) is 11.6 Å². The van der Waals surface area contributed by atoms with Gasteiger partial charge < -0.3 is 4.57 Å². The monoisotopic (exact) mass is 251 g/mol. The number of sulfonamides is 1. The smallest absolute Gasteiger partial charge is 0.262 e. The quantitative estimate of drug-likeness (QED) is 0.739. The van der Waals surface area contributed by atoms with Crippen molar-refractivity contribution < 1.29 is 8.42 Å². The van der Waals surface area contributed by atoms with E-state index >= 15 is 0 Å². The van der Waals surface area contributed by atoms with Crippen molar-refractivity contribution in [1.29, 1.82) is 0 Å². The molecule has 1 aromatic heterocycles. The summed E-state index contributed by atoms with van der Waals surface area (Å²) in [6.07, 6.45) is 2.92. The van der Waals surface area contributed by atoms with Gasteiger partial charge in [-0.15, -0.1) is 11.6 Å². The Morgan fingerprint density at radius 1 is 1.67 bits per heavy atom. The van der Waals surface area contributed by atoms with E-state index in [9.17, 15) is 8.42 Å². The topological polar surface area (TPSA) is 55.2 Å². The summed E-state index contributed by atoms with van der Waals surface area (Å²) >= 11 is 5.61. The Morgan fingerprint density at radius 2 is 2.27 bits per heavy atom. The maximum absolute atomic E-state index is 11.9. The molecule has 5 nitrogen and oxygen atoms in total. The van der Waals surface area contributed by atoms with Crippen molar-refractivity contribution in [2.75, 3.05) is 12.9 Å². The molecule has 1 heterocycles. The SMILES string of the molecule is CC(CCl)N(C)S(=O)(=O)c1cn(C)cn1. The number of hydrogen-bond acceptors (Lipinski definition) is 3. The number of halogens is 1. The van der Waals surface area contributed by atoms with Crippen molar-refractivity contribution >= 4 is 21.6 Å². The van der Waals surface area contributed by atoms with E-state index in [1.165, 1.54) is 23.9 Å². The molecule has 1 rings (SSSR count). The van der Waals surface area contributed by atoms with Crippen LogP contribution in [-0.4, -0.2) is 41.2 Å². The first-order chi connectivity index (χ1) is 6.89. The maximum Gasteiger partial charge on any atom is 0.262 e. The summed E-state index contributed by atoms with van der Waals surface area (Å²) in [5.74, 6) is 0.253. The Kier molecular flexibility index (Phi) is 3.75. The van der Waals surface area contributed by atoms with Gasteiger partial charge in [0.2, 0.25) is 0 Å². The van der Waals surface area contributed by atoms with Crippen molar-refractivity contribution in [2.45, 2.75) is 18.0 Å². The van der Waals surface area contributed by atoms with Crippen molar-refractivity contribution in [1.82, 2.24) is 13.9 Å². The number of hydrogen-bond donors (Lipinski definition) is 0. The first kappa shape index (κ1) is 12.5. The molecular weight excluding hydrogens is 238 g/mol. The van der Waals surface area contributed by atoms with Gasteiger partial charge in [0, 0.05) is 32.2 Å². The molecule has 0 saturated carbocycles. The molecular formula is C8H14ClN3O2S. The summed E-state index contributed by atoms with van der Waals surface area (Å²) in [4.78, 5) is 3.82. The zero-order valence-corrected chi connectivity index (χ0v) is 10.5. The van der Waals surface area contributed by atoms with Crippen molar-refractivity contribution in [3.05, 3.63) is 12.5 Å². The van der Waals surface area contributed by atoms with Gasteiger partial charge in [0.05, 0.1) is 6.33 Å². The minimum absolute atomic E-state index is 0.0458. The second-order valence-corrected chi connectivity index (χ2v) is 5.65. The van der Waals surface area contributed by atoms with Crippen LogP contribution in [-0.2, 0) is 17.1 Å². The van der Waals surface area contributed by atoms with Gasteiger partial charge in [-0.05, 0) is 6.92 Å². The Bertz CT molecular complexity index is 429. The molecule has 1 unspecified atom stereocenters. The first-order valence-corrected chi connectivity index (χ1v) is 6.39. The molecule has 0 aromatic carbocycles. The predicted octanol–water partition coefficient (Wildman–Crippen LogP) is 0.668. The summed E-state index contributed by atoms with van der Waals surface area (Å²) in [6, 6.07) is -0.251. The van der Waals surface area contributed by atoms with Gasteiger partial charge in [-0.25, -0.2) is 13.4 Å². The van der Waals surface area contributed by atoms with Gasteiger partial charge in [0.1, 0.15) is 0 Å². The third kappa shape index (κ3) is 2.50. The molecule has 0 aliphatic rings. The first-order valence-electron chi connectivity index (χ1n) is 4.41. The lowest BCUT2D eigenvalue weighted by atomic mass is 10.4. The standard InChI is InChI=1S/C8H14ClN3O2S/c1-7(4-9)12(3)15(13,14)8-5-11(2)6-10-8/h5-7H,4H2,1-3H3. The largest absolute Gasteiger partial charge is 0.339 e. The van der Waals surface area contributed by atoms with Crippen LogP contribution < -0.4 is 0 Å². The Labute approximate surface area is 94.7 Å². The Morgan fingerprint density at radius 3 is 2.67 bits per heavy atom. The van der Waals surface area contributed by atoms with Crippen LogP contribution in [0.1, 0.15) is 6.92 Å². The van der Waals surface area contributed by atoms with E-state index in [-0.39, 0.29) is 16.9 Å². The number of nitrogens with zero attached hydrogens (tertiary/aromatic N) is 3. The van der Waals surface area contributed by atoms with Crippen molar-refractivity contribution in [2.24, 2.45) is 7.05 Å². The Balaban J connectivity index is 3.03. The van der Waals surface area contributed by atoms with E-state index in [1.54, 1.807) is 18.5 Å². The minimum atomic E-state index is -3.51. The third-order valence-corrected chi connectivity index (χ3v) is 4.47. The predicted molar refractivity (Wildman–Crippen MR) is 58.3 cm³/mol. The molecule has 0 N–H and O–H groups in total. The highest BCUT2D eigenvalue weighted by atomic mass is 35.5. The average Bonchev–Trinajstić information content (AvgIpc) is 2.63. The van der Waals surface area contributed by atoms with Gasteiger partial charge in [0.25, 0.3) is 10.0 Å². The molecule has 0 bridgehead atoms. The summed E-state index contributed by atoms with van der Waals surface area (Å²) in [6.45, 7) is 1.74. The molecule has 0 radical (unpaired) electrons. The summed E-state index contributed by atoms with van der Waals surface area (Å²) in [5, 5.41) is 0.0458. The molecule has 0 aliphatic heterocycles. The Hall–Kier alpha value is -0.590. The van der Waals surface area contributed by atoms with Gasteiger partial charge in [-0.1, -0.05) is 0 Å². The van der Waals surface area contributed by atoms with Crippen LogP contribution in [0.3, 0.4) is 0 Å². The normalized spacial score (nSPS) is 14.5. The van der Waals surface area contributed by atoms with Gasteiger partial charge in [0.15, 0.2) is 5.03 Å². The molecule has 86 valence electrons. The van der Waals surface area contributed by atoms with Crippen LogP contribution >= 0.6 is 11.6 Å². The van der Waals surface area contributed by atoms with E-state index in [0.29, 0.717) is 0 Å². The van der Waals surface area contributed by atoms with Gasteiger partial charge in [-0.2, -0.15) is 4.31 Å². The lowest BCUT2D eigenvalue weighted by molar-refractivity contribution is 0.412. The van der Waals surface area contributed by atoms with Crippen molar-refractivity contribution in [3.63, 3.8) is 0 Å². The number of alkyl halides is 1. The fourth-order valence-electron chi connectivity index (χ4n) is 1.00. The zero-order chi connectivity index (χ0) is 11.6. The second-order valence-electron chi connectivity index (χ2n) is 3.40. The number of aromatic nitrogens is 2. The molecule has 7 heteroatoms. The van der Waals surface area contributed by atoms with Crippen LogP contribution in [0, 0.1) is 0 Å². The number of aryl methyl sites for hydroxylation is 1. The molecule has 0 amide bonds. The average molecular weight is 252 g/mol. The zero-order valence-electron chi connectivity index (χ0n) is 8.88. The highest BCUT2D eigenvalue weighted by Gasteiger charge is 2.26.